The Morgan fingerprint density at radius 3 is 2.58 bits per heavy atom. The first-order chi connectivity index (χ1) is 8.92. The van der Waals surface area contributed by atoms with Crippen LogP contribution in [0.1, 0.15) is 38.7 Å². The maximum atomic E-state index is 13.7. The number of benzene rings is 1. The van der Waals surface area contributed by atoms with Crippen molar-refractivity contribution in [2.45, 2.75) is 39.2 Å². The Morgan fingerprint density at radius 1 is 1.47 bits per heavy atom. The largest absolute Gasteiger partial charge is 0.314 e. The fraction of sp³-hybridized carbons (Fsp3) is 0.538. The first-order valence-corrected chi connectivity index (χ1v) is 7.08. The number of likely N-dealkylation sites (N-methyl/N-ethyl adjacent to an activating group) is 1. The van der Waals surface area contributed by atoms with Crippen molar-refractivity contribution in [2.24, 2.45) is 0 Å². The predicted molar refractivity (Wildman–Crippen MR) is 76.9 cm³/mol. The molecule has 2 unspecified atom stereocenters. The van der Waals surface area contributed by atoms with E-state index < -0.39 is 10.7 Å². The molecule has 0 radical (unpaired) electrons. The molecule has 0 spiro atoms. The fourth-order valence-electron chi connectivity index (χ4n) is 2.31. The van der Waals surface area contributed by atoms with Gasteiger partial charge in [0.1, 0.15) is 5.82 Å². The summed E-state index contributed by atoms with van der Waals surface area (Å²) in [6.07, 6.45) is 0.704. The zero-order valence-electron chi connectivity index (χ0n) is 11.2. The maximum absolute atomic E-state index is 13.7. The third-order valence-electron chi connectivity index (χ3n) is 3.24. The third-order valence-corrected chi connectivity index (χ3v) is 3.84. The Hall–Kier alpha value is -1.01. The van der Waals surface area contributed by atoms with E-state index in [0.717, 1.165) is 6.54 Å². The summed E-state index contributed by atoms with van der Waals surface area (Å²) in [7, 11) is 0. The third kappa shape index (κ3) is 3.73. The second-order valence-electron chi connectivity index (χ2n) is 4.44. The van der Waals surface area contributed by atoms with Gasteiger partial charge < -0.3 is 5.32 Å². The van der Waals surface area contributed by atoms with Crippen molar-refractivity contribution < 1.29 is 9.31 Å². The minimum absolute atomic E-state index is 0.0371. The molecule has 0 aliphatic rings. The van der Waals surface area contributed by atoms with E-state index in [1.807, 2.05) is 20.8 Å². The highest BCUT2D eigenvalue weighted by Crippen LogP contribution is 2.35. The van der Waals surface area contributed by atoms with Gasteiger partial charge in [0.15, 0.2) is 0 Å². The van der Waals surface area contributed by atoms with Gasteiger partial charge in [-0.2, -0.15) is 0 Å². The Morgan fingerprint density at radius 2 is 2.11 bits per heavy atom. The monoisotopic (exact) mass is 332 g/mol. The molecular formula is C13H18BrFN2O2. The molecule has 0 heterocycles. The van der Waals surface area contributed by atoms with Crippen molar-refractivity contribution in [3.8, 4) is 0 Å². The molecule has 1 N–H and O–H groups in total. The molecular weight excluding hydrogens is 315 g/mol. The van der Waals surface area contributed by atoms with Crippen LogP contribution >= 0.6 is 15.9 Å². The number of rotatable bonds is 6. The van der Waals surface area contributed by atoms with E-state index in [4.69, 9.17) is 0 Å². The lowest BCUT2D eigenvalue weighted by Gasteiger charge is -2.23. The lowest BCUT2D eigenvalue weighted by Crippen LogP contribution is -2.32. The van der Waals surface area contributed by atoms with Gasteiger partial charge in [-0.1, -0.05) is 13.8 Å². The van der Waals surface area contributed by atoms with Crippen LogP contribution in [0.25, 0.3) is 0 Å². The Labute approximate surface area is 120 Å². The number of hydrogen-bond acceptors (Lipinski definition) is 3. The van der Waals surface area contributed by atoms with E-state index in [0.29, 0.717) is 12.0 Å². The lowest BCUT2D eigenvalue weighted by atomic mass is 9.88. The van der Waals surface area contributed by atoms with Crippen LogP contribution in [-0.2, 0) is 0 Å². The van der Waals surface area contributed by atoms with E-state index in [-0.39, 0.29) is 22.1 Å². The van der Waals surface area contributed by atoms with Gasteiger partial charge in [-0.05, 0) is 41.9 Å². The lowest BCUT2D eigenvalue weighted by molar-refractivity contribution is -0.385. The van der Waals surface area contributed by atoms with Crippen molar-refractivity contribution in [2.75, 3.05) is 6.54 Å². The molecule has 0 bridgehead atoms. The van der Waals surface area contributed by atoms with Gasteiger partial charge in [-0.25, -0.2) is 4.39 Å². The summed E-state index contributed by atoms with van der Waals surface area (Å²) >= 11 is 2.99. The van der Waals surface area contributed by atoms with Crippen molar-refractivity contribution in [1.82, 2.24) is 5.32 Å². The van der Waals surface area contributed by atoms with Gasteiger partial charge in [0, 0.05) is 23.6 Å². The summed E-state index contributed by atoms with van der Waals surface area (Å²) in [6, 6.07) is 2.56. The number of nitrogens with zero attached hydrogens (tertiary/aromatic N) is 1. The highest BCUT2D eigenvalue weighted by Gasteiger charge is 2.26. The van der Waals surface area contributed by atoms with E-state index >= 15 is 0 Å². The van der Waals surface area contributed by atoms with E-state index in [9.17, 15) is 14.5 Å². The number of nitrogens with one attached hydrogen (secondary N) is 1. The second kappa shape index (κ2) is 6.96. The Balaban J connectivity index is 3.29. The van der Waals surface area contributed by atoms with Crippen molar-refractivity contribution in [3.05, 3.63) is 38.1 Å². The molecule has 0 aliphatic carbocycles. The van der Waals surface area contributed by atoms with Crippen LogP contribution in [-0.4, -0.2) is 17.5 Å². The summed E-state index contributed by atoms with van der Waals surface area (Å²) in [4.78, 5) is 10.7. The second-order valence-corrected chi connectivity index (χ2v) is 5.30. The van der Waals surface area contributed by atoms with Gasteiger partial charge >= 0.3 is 0 Å². The SMILES string of the molecule is CCNC(C)C(CC)c1cc(F)c(Br)cc1[N+](=O)[O-]. The predicted octanol–water partition coefficient (Wildman–Crippen LogP) is 3.99. The van der Waals surface area contributed by atoms with Crippen molar-refractivity contribution in [1.29, 1.82) is 0 Å². The summed E-state index contributed by atoms with van der Waals surface area (Å²) in [5.41, 5.74) is 0.409. The summed E-state index contributed by atoms with van der Waals surface area (Å²) < 4.78 is 13.8. The smallest absolute Gasteiger partial charge is 0.274 e. The minimum Gasteiger partial charge on any atom is -0.314 e. The Kier molecular flexibility index (Phi) is 5.87. The normalized spacial score (nSPS) is 14.2. The quantitative estimate of drug-likeness (QED) is 0.633. The summed E-state index contributed by atoms with van der Waals surface area (Å²) in [6.45, 7) is 6.65. The molecule has 0 fully saturated rings. The van der Waals surface area contributed by atoms with Crippen LogP contribution in [0.5, 0.6) is 0 Å². The highest BCUT2D eigenvalue weighted by atomic mass is 79.9. The Bertz CT molecular complexity index is 468. The van der Waals surface area contributed by atoms with Crippen LogP contribution in [0.4, 0.5) is 10.1 Å². The molecule has 4 nitrogen and oxygen atoms in total. The average Bonchev–Trinajstić information content (AvgIpc) is 2.34. The molecule has 1 aromatic carbocycles. The molecule has 0 amide bonds. The fourth-order valence-corrected chi connectivity index (χ4v) is 2.65. The van der Waals surface area contributed by atoms with Crippen LogP contribution in [0.15, 0.2) is 16.6 Å². The molecule has 2 atom stereocenters. The zero-order chi connectivity index (χ0) is 14.6. The molecule has 19 heavy (non-hydrogen) atoms. The number of nitro groups is 1. The average molecular weight is 333 g/mol. The van der Waals surface area contributed by atoms with Gasteiger partial charge in [0.05, 0.1) is 9.40 Å². The van der Waals surface area contributed by atoms with Gasteiger partial charge in [-0.3, -0.25) is 10.1 Å². The van der Waals surface area contributed by atoms with Crippen LogP contribution < -0.4 is 5.32 Å². The zero-order valence-corrected chi connectivity index (χ0v) is 12.8. The van der Waals surface area contributed by atoms with Gasteiger partial charge in [0.25, 0.3) is 5.69 Å². The van der Waals surface area contributed by atoms with Crippen LogP contribution in [0, 0.1) is 15.9 Å². The molecule has 6 heteroatoms. The number of nitro benzene ring substituents is 1. The summed E-state index contributed by atoms with van der Waals surface area (Å²) in [5, 5.41) is 14.4. The molecule has 0 saturated heterocycles. The van der Waals surface area contributed by atoms with Gasteiger partial charge in [0.2, 0.25) is 0 Å². The van der Waals surface area contributed by atoms with Crippen molar-refractivity contribution >= 4 is 21.6 Å². The van der Waals surface area contributed by atoms with E-state index in [1.54, 1.807) is 0 Å². The van der Waals surface area contributed by atoms with E-state index in [2.05, 4.69) is 21.2 Å². The highest BCUT2D eigenvalue weighted by molar-refractivity contribution is 9.10. The topological polar surface area (TPSA) is 55.2 Å². The maximum Gasteiger partial charge on any atom is 0.274 e. The molecule has 0 aromatic heterocycles. The molecule has 106 valence electrons. The number of hydrogen-bond donors (Lipinski definition) is 1. The van der Waals surface area contributed by atoms with Crippen LogP contribution in [0.2, 0.25) is 0 Å². The first kappa shape index (κ1) is 16.0. The summed E-state index contributed by atoms with van der Waals surface area (Å²) in [5.74, 6) is -0.564. The minimum atomic E-state index is -0.470. The molecule has 0 aliphatic heterocycles. The molecule has 1 rings (SSSR count). The first-order valence-electron chi connectivity index (χ1n) is 6.29. The van der Waals surface area contributed by atoms with E-state index in [1.165, 1.54) is 12.1 Å². The standard InChI is InChI=1S/C13H18BrFN2O2/c1-4-9(8(3)16-5-2)10-6-12(15)11(14)7-13(10)17(18)19/h6-9,16H,4-5H2,1-3H3. The number of halogens is 2. The van der Waals surface area contributed by atoms with Gasteiger partial charge in [-0.15, -0.1) is 0 Å². The van der Waals surface area contributed by atoms with Crippen molar-refractivity contribution in [3.63, 3.8) is 0 Å². The molecule has 1 aromatic rings. The molecule has 0 saturated carbocycles. The van der Waals surface area contributed by atoms with Crippen LogP contribution in [0.3, 0.4) is 0 Å².